The second kappa shape index (κ2) is 4.00. The fraction of sp³-hybridized carbons (Fsp3) is 0.700. The van der Waals surface area contributed by atoms with Crippen LogP contribution in [0.2, 0.25) is 0 Å². The fourth-order valence-electron chi connectivity index (χ4n) is 1.65. The first-order valence-corrected chi connectivity index (χ1v) is 5.21. The molecule has 1 aromatic rings. The molecule has 5 heteroatoms. The molecule has 0 atom stereocenters. The third kappa shape index (κ3) is 2.16. The minimum atomic E-state index is 0.192. The van der Waals surface area contributed by atoms with Gasteiger partial charge < -0.3 is 9.32 Å². The molecule has 0 bridgehead atoms. The van der Waals surface area contributed by atoms with E-state index in [-0.39, 0.29) is 11.8 Å². The van der Waals surface area contributed by atoms with Crippen LogP contribution in [0, 0.1) is 12.8 Å². The quantitative estimate of drug-likeness (QED) is 0.749. The highest BCUT2D eigenvalue weighted by Crippen LogP contribution is 2.28. The maximum atomic E-state index is 11.8. The molecule has 0 aliphatic heterocycles. The van der Waals surface area contributed by atoms with E-state index in [9.17, 15) is 4.79 Å². The highest BCUT2D eigenvalue weighted by molar-refractivity contribution is 5.79. The van der Waals surface area contributed by atoms with Gasteiger partial charge in [-0.3, -0.25) is 4.79 Å². The molecule has 1 amide bonds. The topological polar surface area (TPSA) is 59.2 Å². The number of nitrogens with zero attached hydrogens (tertiary/aromatic N) is 3. The molecule has 1 aromatic heterocycles. The van der Waals surface area contributed by atoms with Gasteiger partial charge in [-0.2, -0.15) is 0 Å². The summed E-state index contributed by atoms with van der Waals surface area (Å²) >= 11 is 0. The molecule has 1 saturated carbocycles. The molecule has 2 rings (SSSR count). The molecule has 0 N–H and O–H groups in total. The van der Waals surface area contributed by atoms with Gasteiger partial charge in [0.1, 0.15) is 0 Å². The molecule has 15 heavy (non-hydrogen) atoms. The van der Waals surface area contributed by atoms with Gasteiger partial charge in [0.05, 0.1) is 6.54 Å². The minimum Gasteiger partial charge on any atom is -0.424 e. The molecule has 1 aliphatic carbocycles. The van der Waals surface area contributed by atoms with Crippen LogP contribution in [0.3, 0.4) is 0 Å². The first-order valence-electron chi connectivity index (χ1n) is 5.21. The maximum absolute atomic E-state index is 11.8. The minimum absolute atomic E-state index is 0.192. The van der Waals surface area contributed by atoms with Crippen LogP contribution in [0.4, 0.5) is 0 Å². The zero-order valence-corrected chi connectivity index (χ0v) is 9.06. The third-order valence-corrected chi connectivity index (χ3v) is 2.77. The van der Waals surface area contributed by atoms with E-state index in [1.807, 2.05) is 0 Å². The number of aryl methyl sites for hydroxylation is 1. The molecule has 0 unspecified atom stereocenters. The predicted molar refractivity (Wildman–Crippen MR) is 52.9 cm³/mol. The Kier molecular flexibility index (Phi) is 2.70. The van der Waals surface area contributed by atoms with Crippen LogP contribution in [-0.2, 0) is 11.3 Å². The summed E-state index contributed by atoms with van der Waals surface area (Å²) in [6, 6.07) is 0. The summed E-state index contributed by atoms with van der Waals surface area (Å²) in [5.41, 5.74) is 0. The standard InChI is InChI=1S/C10H15N3O2/c1-7-11-12-9(15-7)6-13(2)10(14)8-4-3-5-8/h8H,3-6H2,1-2H3. The zero-order chi connectivity index (χ0) is 10.8. The Morgan fingerprint density at radius 2 is 2.27 bits per heavy atom. The van der Waals surface area contributed by atoms with E-state index < -0.39 is 0 Å². The highest BCUT2D eigenvalue weighted by Gasteiger charge is 2.28. The van der Waals surface area contributed by atoms with Crippen LogP contribution in [0.5, 0.6) is 0 Å². The average molecular weight is 209 g/mol. The van der Waals surface area contributed by atoms with E-state index in [0.717, 1.165) is 12.8 Å². The Bertz CT molecular complexity index is 357. The van der Waals surface area contributed by atoms with Crippen LogP contribution < -0.4 is 0 Å². The van der Waals surface area contributed by atoms with Gasteiger partial charge in [-0.1, -0.05) is 6.42 Å². The number of hydrogen-bond acceptors (Lipinski definition) is 4. The summed E-state index contributed by atoms with van der Waals surface area (Å²) in [5.74, 6) is 1.45. The summed E-state index contributed by atoms with van der Waals surface area (Å²) in [6.45, 7) is 2.15. The summed E-state index contributed by atoms with van der Waals surface area (Å²) < 4.78 is 5.22. The van der Waals surface area contributed by atoms with Crippen LogP contribution >= 0.6 is 0 Å². The molecule has 1 fully saturated rings. The number of aromatic nitrogens is 2. The largest absolute Gasteiger partial charge is 0.424 e. The van der Waals surface area contributed by atoms with Gasteiger partial charge in [0.15, 0.2) is 0 Å². The number of rotatable bonds is 3. The third-order valence-electron chi connectivity index (χ3n) is 2.77. The molecule has 0 spiro atoms. The second-order valence-corrected chi connectivity index (χ2v) is 4.04. The van der Waals surface area contributed by atoms with Gasteiger partial charge in [0, 0.05) is 19.9 Å². The van der Waals surface area contributed by atoms with E-state index in [0.29, 0.717) is 18.3 Å². The fourth-order valence-corrected chi connectivity index (χ4v) is 1.65. The molecule has 5 nitrogen and oxygen atoms in total. The van der Waals surface area contributed by atoms with Gasteiger partial charge in [-0.15, -0.1) is 10.2 Å². The number of carbonyl (C=O) groups excluding carboxylic acids is 1. The van der Waals surface area contributed by atoms with Crippen molar-refractivity contribution in [2.75, 3.05) is 7.05 Å². The Balaban J connectivity index is 1.91. The zero-order valence-electron chi connectivity index (χ0n) is 9.06. The lowest BCUT2D eigenvalue weighted by Crippen LogP contribution is -2.35. The molecular weight excluding hydrogens is 194 g/mol. The van der Waals surface area contributed by atoms with Crippen molar-refractivity contribution in [3.8, 4) is 0 Å². The van der Waals surface area contributed by atoms with Crippen molar-refractivity contribution in [2.24, 2.45) is 5.92 Å². The van der Waals surface area contributed by atoms with Crippen molar-refractivity contribution < 1.29 is 9.21 Å². The van der Waals surface area contributed by atoms with Crippen LogP contribution in [0.25, 0.3) is 0 Å². The lowest BCUT2D eigenvalue weighted by Gasteiger charge is -2.28. The molecule has 0 aromatic carbocycles. The Morgan fingerprint density at radius 3 is 2.73 bits per heavy atom. The van der Waals surface area contributed by atoms with Crippen molar-refractivity contribution >= 4 is 5.91 Å². The van der Waals surface area contributed by atoms with Crippen molar-refractivity contribution in [3.63, 3.8) is 0 Å². The number of carbonyl (C=O) groups is 1. The first kappa shape index (κ1) is 10.1. The lowest BCUT2D eigenvalue weighted by atomic mass is 9.84. The van der Waals surface area contributed by atoms with Gasteiger partial charge in [0.25, 0.3) is 0 Å². The van der Waals surface area contributed by atoms with E-state index in [4.69, 9.17) is 4.42 Å². The van der Waals surface area contributed by atoms with Crippen molar-refractivity contribution in [3.05, 3.63) is 11.8 Å². The second-order valence-electron chi connectivity index (χ2n) is 4.04. The smallest absolute Gasteiger partial charge is 0.235 e. The Labute approximate surface area is 88.5 Å². The molecule has 1 heterocycles. The molecule has 0 radical (unpaired) electrons. The van der Waals surface area contributed by atoms with Gasteiger partial charge >= 0.3 is 0 Å². The first-order chi connectivity index (χ1) is 7.16. The van der Waals surface area contributed by atoms with Crippen LogP contribution in [0.1, 0.15) is 31.0 Å². The summed E-state index contributed by atoms with van der Waals surface area (Å²) in [5, 5.41) is 7.58. The van der Waals surface area contributed by atoms with Gasteiger partial charge in [-0.25, -0.2) is 0 Å². The highest BCUT2D eigenvalue weighted by atomic mass is 16.4. The van der Waals surface area contributed by atoms with E-state index >= 15 is 0 Å². The predicted octanol–water partition coefficient (Wildman–Crippen LogP) is 1.14. The van der Waals surface area contributed by atoms with E-state index in [1.165, 1.54) is 6.42 Å². The summed E-state index contributed by atoms with van der Waals surface area (Å²) in [4.78, 5) is 13.4. The average Bonchev–Trinajstić information content (AvgIpc) is 2.48. The van der Waals surface area contributed by atoms with Gasteiger partial charge in [-0.05, 0) is 12.8 Å². The summed E-state index contributed by atoms with van der Waals surface area (Å²) in [6.07, 6.45) is 3.21. The monoisotopic (exact) mass is 209 g/mol. The van der Waals surface area contributed by atoms with E-state index in [1.54, 1.807) is 18.9 Å². The Hall–Kier alpha value is -1.39. The molecular formula is C10H15N3O2. The van der Waals surface area contributed by atoms with Crippen LogP contribution in [0.15, 0.2) is 4.42 Å². The van der Waals surface area contributed by atoms with Crippen molar-refractivity contribution in [1.82, 2.24) is 15.1 Å². The SMILES string of the molecule is Cc1nnc(CN(C)C(=O)C2CCC2)o1. The normalized spacial score (nSPS) is 16.1. The summed E-state index contributed by atoms with van der Waals surface area (Å²) in [7, 11) is 1.78. The van der Waals surface area contributed by atoms with Gasteiger partial charge in [0.2, 0.25) is 17.7 Å². The number of amides is 1. The molecule has 82 valence electrons. The number of hydrogen-bond donors (Lipinski definition) is 0. The van der Waals surface area contributed by atoms with Crippen molar-refractivity contribution in [1.29, 1.82) is 0 Å². The Morgan fingerprint density at radius 1 is 1.53 bits per heavy atom. The van der Waals surface area contributed by atoms with E-state index in [2.05, 4.69) is 10.2 Å². The lowest BCUT2D eigenvalue weighted by molar-refractivity contribution is -0.137. The molecule has 0 saturated heterocycles. The maximum Gasteiger partial charge on any atom is 0.235 e. The van der Waals surface area contributed by atoms with Crippen molar-refractivity contribution in [2.45, 2.75) is 32.7 Å². The molecule has 1 aliphatic rings. The van der Waals surface area contributed by atoms with Crippen LogP contribution in [-0.4, -0.2) is 28.1 Å².